The quantitative estimate of drug-likeness (QED) is 0.450. The summed E-state index contributed by atoms with van der Waals surface area (Å²) in [5.74, 6) is -0.400. The Morgan fingerprint density at radius 2 is 1.62 bits per heavy atom. The summed E-state index contributed by atoms with van der Waals surface area (Å²) in [6.07, 6.45) is 6.31. The Balaban J connectivity index is 2.11. The number of hydrogen-bond donors (Lipinski definition) is 0. The zero-order valence-corrected chi connectivity index (χ0v) is 14.8. The number of benzene rings is 1. The molecule has 0 aliphatic rings. The number of rotatable bonds is 11. The van der Waals surface area contributed by atoms with E-state index in [-0.39, 0.29) is 13.2 Å². The molecule has 0 radical (unpaired) electrons. The SMILES string of the molecule is CCCCCCCCOC(=O)CN(C)C(=O)OCc1ccccc1. The molecule has 0 spiro atoms. The second kappa shape index (κ2) is 12.4. The van der Waals surface area contributed by atoms with Crippen molar-refractivity contribution in [3.8, 4) is 0 Å². The Labute approximate surface area is 144 Å². The number of hydrogen-bond acceptors (Lipinski definition) is 4. The van der Waals surface area contributed by atoms with Gasteiger partial charge >= 0.3 is 12.1 Å². The van der Waals surface area contributed by atoms with Crippen LogP contribution in [0.1, 0.15) is 51.0 Å². The summed E-state index contributed by atoms with van der Waals surface area (Å²) >= 11 is 0. The lowest BCUT2D eigenvalue weighted by Gasteiger charge is -2.16. The van der Waals surface area contributed by atoms with Crippen LogP contribution in [0.4, 0.5) is 4.79 Å². The van der Waals surface area contributed by atoms with Crippen LogP contribution in [0.5, 0.6) is 0 Å². The van der Waals surface area contributed by atoms with Gasteiger partial charge in [-0.25, -0.2) is 4.79 Å². The third kappa shape index (κ3) is 9.18. The minimum atomic E-state index is -0.532. The summed E-state index contributed by atoms with van der Waals surface area (Å²) in [6.45, 7) is 2.70. The second-order valence-corrected chi connectivity index (χ2v) is 5.88. The smallest absolute Gasteiger partial charge is 0.410 e. The number of ether oxygens (including phenoxy) is 2. The second-order valence-electron chi connectivity index (χ2n) is 5.88. The summed E-state index contributed by atoms with van der Waals surface area (Å²) in [7, 11) is 1.53. The molecule has 5 nitrogen and oxygen atoms in total. The normalized spacial score (nSPS) is 10.2. The topological polar surface area (TPSA) is 55.8 Å². The van der Waals surface area contributed by atoms with Gasteiger partial charge in [0.05, 0.1) is 6.61 Å². The van der Waals surface area contributed by atoms with Crippen LogP contribution < -0.4 is 0 Å². The Kier molecular flexibility index (Phi) is 10.3. The molecular weight excluding hydrogens is 306 g/mol. The highest BCUT2D eigenvalue weighted by atomic mass is 16.6. The van der Waals surface area contributed by atoms with Gasteiger partial charge in [-0.3, -0.25) is 4.79 Å². The van der Waals surface area contributed by atoms with Crippen molar-refractivity contribution in [2.45, 2.75) is 52.1 Å². The summed E-state index contributed by atoms with van der Waals surface area (Å²) < 4.78 is 10.3. The van der Waals surface area contributed by atoms with E-state index in [2.05, 4.69) is 6.92 Å². The van der Waals surface area contributed by atoms with Crippen molar-refractivity contribution < 1.29 is 19.1 Å². The van der Waals surface area contributed by atoms with Crippen molar-refractivity contribution in [2.75, 3.05) is 20.2 Å². The van der Waals surface area contributed by atoms with E-state index in [9.17, 15) is 9.59 Å². The van der Waals surface area contributed by atoms with Crippen molar-refractivity contribution in [1.82, 2.24) is 4.90 Å². The van der Waals surface area contributed by atoms with Gasteiger partial charge in [0.25, 0.3) is 0 Å². The lowest BCUT2D eigenvalue weighted by molar-refractivity contribution is -0.144. The van der Waals surface area contributed by atoms with E-state index >= 15 is 0 Å². The van der Waals surface area contributed by atoms with Crippen LogP contribution >= 0.6 is 0 Å². The lowest BCUT2D eigenvalue weighted by Crippen LogP contribution is -2.33. The molecule has 0 fully saturated rings. The fourth-order valence-electron chi connectivity index (χ4n) is 2.20. The Morgan fingerprint density at radius 3 is 2.33 bits per heavy atom. The largest absolute Gasteiger partial charge is 0.464 e. The number of carbonyl (C=O) groups excluding carboxylic acids is 2. The minimum Gasteiger partial charge on any atom is -0.464 e. The van der Waals surface area contributed by atoms with Crippen LogP contribution in [-0.4, -0.2) is 37.2 Å². The monoisotopic (exact) mass is 335 g/mol. The number of nitrogens with zero attached hydrogens (tertiary/aromatic N) is 1. The molecule has 1 aromatic rings. The molecule has 24 heavy (non-hydrogen) atoms. The number of unbranched alkanes of at least 4 members (excludes halogenated alkanes) is 5. The van der Waals surface area contributed by atoms with Crippen molar-refractivity contribution in [3.05, 3.63) is 35.9 Å². The van der Waals surface area contributed by atoms with Gasteiger partial charge in [-0.2, -0.15) is 0 Å². The minimum absolute atomic E-state index is 0.0938. The van der Waals surface area contributed by atoms with Crippen LogP contribution in [0.2, 0.25) is 0 Å². The highest BCUT2D eigenvalue weighted by Crippen LogP contribution is 2.05. The maximum absolute atomic E-state index is 11.8. The third-order valence-electron chi connectivity index (χ3n) is 3.64. The molecule has 0 N–H and O–H groups in total. The Morgan fingerprint density at radius 1 is 0.958 bits per heavy atom. The molecule has 0 unspecified atom stereocenters. The first-order chi connectivity index (χ1) is 11.6. The number of esters is 1. The molecule has 0 bridgehead atoms. The molecule has 0 saturated heterocycles. The molecule has 0 heterocycles. The Bertz CT molecular complexity index is 476. The number of likely N-dealkylation sites (N-methyl/N-ethyl adjacent to an activating group) is 1. The summed E-state index contributed by atoms with van der Waals surface area (Å²) in [5.41, 5.74) is 0.907. The maximum Gasteiger partial charge on any atom is 0.410 e. The van der Waals surface area contributed by atoms with E-state index in [1.165, 1.54) is 37.6 Å². The maximum atomic E-state index is 11.8. The average molecular weight is 335 g/mol. The van der Waals surface area contributed by atoms with Crippen molar-refractivity contribution >= 4 is 12.1 Å². The molecule has 0 aromatic heterocycles. The Hall–Kier alpha value is -2.04. The van der Waals surface area contributed by atoms with Crippen molar-refractivity contribution in [2.24, 2.45) is 0 Å². The molecule has 1 aromatic carbocycles. The fraction of sp³-hybridized carbons (Fsp3) is 0.579. The van der Waals surface area contributed by atoms with Gasteiger partial charge in [-0.05, 0) is 12.0 Å². The number of carbonyl (C=O) groups is 2. The molecular formula is C19H29NO4. The van der Waals surface area contributed by atoms with E-state index in [1.54, 1.807) is 0 Å². The molecule has 0 aliphatic heterocycles. The molecule has 1 amide bonds. The molecule has 5 heteroatoms. The van der Waals surface area contributed by atoms with Crippen molar-refractivity contribution in [3.63, 3.8) is 0 Å². The summed E-state index contributed by atoms with van der Waals surface area (Å²) in [6, 6.07) is 9.42. The van der Waals surface area contributed by atoms with Crippen LogP contribution in [-0.2, 0) is 20.9 Å². The highest BCUT2D eigenvalue weighted by molar-refractivity contribution is 5.77. The van der Waals surface area contributed by atoms with E-state index in [0.717, 1.165) is 18.4 Å². The van der Waals surface area contributed by atoms with Gasteiger partial charge in [-0.15, -0.1) is 0 Å². The average Bonchev–Trinajstić information content (AvgIpc) is 2.59. The van der Waals surface area contributed by atoms with Gasteiger partial charge in [0.15, 0.2) is 0 Å². The number of amides is 1. The zero-order chi connectivity index (χ0) is 17.6. The van der Waals surface area contributed by atoms with E-state index in [1.807, 2.05) is 30.3 Å². The lowest BCUT2D eigenvalue weighted by atomic mass is 10.1. The first kappa shape index (κ1) is 20.0. The molecule has 0 atom stereocenters. The van der Waals surface area contributed by atoms with E-state index < -0.39 is 12.1 Å². The third-order valence-corrected chi connectivity index (χ3v) is 3.64. The van der Waals surface area contributed by atoms with Gasteiger partial charge in [0, 0.05) is 7.05 Å². The van der Waals surface area contributed by atoms with Gasteiger partial charge in [0.2, 0.25) is 0 Å². The zero-order valence-electron chi connectivity index (χ0n) is 14.8. The first-order valence-corrected chi connectivity index (χ1v) is 8.71. The van der Waals surface area contributed by atoms with Crippen LogP contribution in [0, 0.1) is 0 Å². The van der Waals surface area contributed by atoms with Crippen LogP contribution in [0.15, 0.2) is 30.3 Å². The van der Waals surface area contributed by atoms with Gasteiger partial charge in [-0.1, -0.05) is 69.4 Å². The summed E-state index contributed by atoms with van der Waals surface area (Å²) in [5, 5.41) is 0. The predicted octanol–water partition coefficient (Wildman–Crippen LogP) is 4.16. The van der Waals surface area contributed by atoms with E-state index in [0.29, 0.717) is 6.61 Å². The highest BCUT2D eigenvalue weighted by Gasteiger charge is 2.15. The predicted molar refractivity (Wildman–Crippen MR) is 93.6 cm³/mol. The molecule has 134 valence electrons. The molecule has 1 rings (SSSR count). The van der Waals surface area contributed by atoms with Crippen molar-refractivity contribution in [1.29, 1.82) is 0 Å². The molecule has 0 aliphatic carbocycles. The van der Waals surface area contributed by atoms with E-state index in [4.69, 9.17) is 9.47 Å². The first-order valence-electron chi connectivity index (χ1n) is 8.71. The van der Waals surface area contributed by atoms with Crippen LogP contribution in [0.25, 0.3) is 0 Å². The standard InChI is InChI=1S/C19H29NO4/c1-3-4-5-6-7-11-14-23-18(21)15-20(2)19(22)24-16-17-12-9-8-10-13-17/h8-10,12-13H,3-7,11,14-16H2,1-2H3. The van der Waals surface area contributed by atoms with Crippen LogP contribution in [0.3, 0.4) is 0 Å². The summed E-state index contributed by atoms with van der Waals surface area (Å²) in [4.78, 5) is 24.7. The fourth-order valence-corrected chi connectivity index (χ4v) is 2.20. The van der Waals surface area contributed by atoms with Gasteiger partial charge in [0.1, 0.15) is 13.2 Å². The van der Waals surface area contributed by atoms with Gasteiger partial charge < -0.3 is 14.4 Å². The molecule has 0 saturated carbocycles.